The van der Waals surface area contributed by atoms with Gasteiger partial charge in [-0.3, -0.25) is 4.79 Å². The van der Waals surface area contributed by atoms with Gasteiger partial charge in [0.15, 0.2) is 18.3 Å². The molecule has 0 spiro atoms. The zero-order valence-electron chi connectivity index (χ0n) is 13.6. The zero-order valence-corrected chi connectivity index (χ0v) is 13.6. The normalized spacial score (nSPS) is 11.9. The van der Waals surface area contributed by atoms with Crippen LogP contribution >= 0.6 is 0 Å². The summed E-state index contributed by atoms with van der Waals surface area (Å²) in [4.78, 5) is 14.2. The van der Waals surface area contributed by atoms with Gasteiger partial charge in [-0.1, -0.05) is 48.5 Å². The minimum Gasteiger partial charge on any atom is -0.463 e. The van der Waals surface area contributed by atoms with Crippen LogP contribution in [0.25, 0.3) is 0 Å². The molecule has 0 bridgehead atoms. The van der Waals surface area contributed by atoms with E-state index in [4.69, 9.17) is 4.42 Å². The fourth-order valence-electron chi connectivity index (χ4n) is 2.70. The van der Waals surface area contributed by atoms with Gasteiger partial charge in [-0.2, -0.15) is 0 Å². The van der Waals surface area contributed by atoms with E-state index in [0.29, 0.717) is 6.54 Å². The van der Waals surface area contributed by atoms with Crippen molar-refractivity contribution in [2.75, 3.05) is 18.5 Å². The van der Waals surface area contributed by atoms with Crippen LogP contribution in [0.3, 0.4) is 0 Å². The average Bonchev–Trinajstić information content (AvgIpc) is 3.17. The number of nitrogens with zero attached hydrogens (tertiary/aromatic N) is 1. The van der Waals surface area contributed by atoms with Crippen LogP contribution in [0.2, 0.25) is 0 Å². The second-order valence-corrected chi connectivity index (χ2v) is 5.63. The Morgan fingerprint density at radius 2 is 1.67 bits per heavy atom. The van der Waals surface area contributed by atoms with E-state index in [1.54, 1.807) is 18.2 Å². The van der Waals surface area contributed by atoms with Crippen molar-refractivity contribution in [1.82, 2.24) is 0 Å². The quantitative estimate of drug-likeness (QED) is 0.759. The van der Waals surface area contributed by atoms with Gasteiger partial charge in [-0.15, -0.1) is 0 Å². The Hall–Kier alpha value is -2.85. The standard InChI is InChI=1S/C20H20N2O2/c1-22(17-11-6-3-7-12-17)19(23)15-21-20(18-13-8-14-24-18)16-9-4-2-5-10-16/h2-14,20-21H,15H2,1H3/p+1/t20-/m0/s1. The molecule has 122 valence electrons. The van der Waals surface area contributed by atoms with Gasteiger partial charge in [0.2, 0.25) is 0 Å². The highest BCUT2D eigenvalue weighted by Crippen LogP contribution is 2.18. The van der Waals surface area contributed by atoms with Crippen LogP contribution in [0.4, 0.5) is 5.69 Å². The minimum atomic E-state index is -0.0330. The highest BCUT2D eigenvalue weighted by atomic mass is 16.3. The maximum atomic E-state index is 12.5. The number of nitrogens with two attached hydrogens (primary N) is 1. The van der Waals surface area contributed by atoms with Gasteiger partial charge >= 0.3 is 0 Å². The zero-order chi connectivity index (χ0) is 16.8. The van der Waals surface area contributed by atoms with Crippen LogP contribution < -0.4 is 10.2 Å². The van der Waals surface area contributed by atoms with Gasteiger partial charge in [0.05, 0.1) is 6.26 Å². The Morgan fingerprint density at radius 3 is 2.29 bits per heavy atom. The molecule has 3 aromatic rings. The number of hydrogen-bond donors (Lipinski definition) is 1. The number of anilines is 1. The predicted octanol–water partition coefficient (Wildman–Crippen LogP) is 2.60. The minimum absolute atomic E-state index is 0.0330. The first-order chi connectivity index (χ1) is 11.8. The molecule has 0 unspecified atom stereocenters. The van der Waals surface area contributed by atoms with Crippen molar-refractivity contribution in [2.45, 2.75) is 6.04 Å². The number of carbonyl (C=O) groups excluding carboxylic acids is 1. The third-order valence-corrected chi connectivity index (χ3v) is 4.05. The van der Waals surface area contributed by atoms with Crippen LogP contribution in [-0.2, 0) is 4.79 Å². The lowest BCUT2D eigenvalue weighted by atomic mass is 10.0. The molecule has 2 N–H and O–H groups in total. The summed E-state index contributed by atoms with van der Waals surface area (Å²) in [7, 11) is 1.80. The molecule has 3 rings (SSSR count). The van der Waals surface area contributed by atoms with Crippen molar-refractivity contribution >= 4 is 11.6 Å². The average molecular weight is 321 g/mol. The van der Waals surface area contributed by atoms with Gasteiger partial charge < -0.3 is 14.6 Å². The summed E-state index contributed by atoms with van der Waals surface area (Å²) in [5, 5.41) is 2.01. The number of hydrogen-bond acceptors (Lipinski definition) is 2. The third-order valence-electron chi connectivity index (χ3n) is 4.05. The van der Waals surface area contributed by atoms with Crippen molar-refractivity contribution in [3.8, 4) is 0 Å². The lowest BCUT2D eigenvalue weighted by Crippen LogP contribution is -2.87. The fraction of sp³-hybridized carbons (Fsp3) is 0.150. The topological polar surface area (TPSA) is 50.1 Å². The number of para-hydroxylation sites is 1. The Balaban J connectivity index is 1.71. The first-order valence-electron chi connectivity index (χ1n) is 7.99. The van der Waals surface area contributed by atoms with Gasteiger partial charge in [0, 0.05) is 18.3 Å². The Labute approximate surface area is 141 Å². The lowest BCUT2D eigenvalue weighted by Gasteiger charge is -2.18. The van der Waals surface area contributed by atoms with E-state index in [1.165, 1.54) is 0 Å². The van der Waals surface area contributed by atoms with E-state index in [1.807, 2.05) is 66.0 Å². The van der Waals surface area contributed by atoms with Crippen molar-refractivity contribution < 1.29 is 14.5 Å². The summed E-state index contributed by atoms with van der Waals surface area (Å²) in [5.41, 5.74) is 2.01. The SMILES string of the molecule is CN(C(=O)C[NH2+][C@@H](c1ccccc1)c1ccco1)c1ccccc1. The Bertz CT molecular complexity index is 755. The molecule has 1 atom stereocenters. The molecule has 2 aromatic carbocycles. The molecule has 1 amide bonds. The van der Waals surface area contributed by atoms with Crippen molar-refractivity contribution in [1.29, 1.82) is 0 Å². The van der Waals surface area contributed by atoms with Crippen molar-refractivity contribution in [2.24, 2.45) is 0 Å². The number of carbonyl (C=O) groups is 1. The fourth-order valence-corrected chi connectivity index (χ4v) is 2.70. The molecule has 0 aliphatic heterocycles. The molecule has 4 nitrogen and oxygen atoms in total. The van der Waals surface area contributed by atoms with E-state index in [9.17, 15) is 4.79 Å². The third kappa shape index (κ3) is 3.73. The lowest BCUT2D eigenvalue weighted by molar-refractivity contribution is -0.678. The highest BCUT2D eigenvalue weighted by Gasteiger charge is 2.22. The molecule has 1 aromatic heterocycles. The van der Waals surface area contributed by atoms with E-state index >= 15 is 0 Å². The van der Waals surface area contributed by atoms with Crippen molar-refractivity contribution in [3.63, 3.8) is 0 Å². The molecule has 0 aliphatic carbocycles. The van der Waals surface area contributed by atoms with Gasteiger partial charge in [0.25, 0.3) is 5.91 Å². The summed E-state index contributed by atoms with van der Waals surface area (Å²) < 4.78 is 5.57. The molecule has 0 saturated carbocycles. The predicted molar refractivity (Wildman–Crippen MR) is 93.6 cm³/mol. The van der Waals surface area contributed by atoms with Crippen LogP contribution in [0.15, 0.2) is 83.5 Å². The molecule has 4 heteroatoms. The number of furan rings is 1. The van der Waals surface area contributed by atoms with Crippen LogP contribution in [0, 0.1) is 0 Å². The molecular formula is C20H21N2O2+. The van der Waals surface area contributed by atoms with Crippen LogP contribution in [-0.4, -0.2) is 19.5 Å². The summed E-state index contributed by atoms with van der Waals surface area (Å²) in [6, 6.07) is 23.5. The van der Waals surface area contributed by atoms with E-state index in [2.05, 4.69) is 12.1 Å². The molecular weight excluding hydrogens is 300 g/mol. The molecule has 0 aliphatic rings. The first kappa shape index (κ1) is 16.0. The summed E-state index contributed by atoms with van der Waals surface area (Å²) in [6.07, 6.45) is 1.66. The molecule has 24 heavy (non-hydrogen) atoms. The highest BCUT2D eigenvalue weighted by molar-refractivity contribution is 5.93. The van der Waals surface area contributed by atoms with Gasteiger partial charge in [-0.05, 0) is 24.3 Å². The first-order valence-corrected chi connectivity index (χ1v) is 7.99. The maximum Gasteiger partial charge on any atom is 0.281 e. The number of likely N-dealkylation sites (N-methyl/N-ethyl adjacent to an activating group) is 1. The smallest absolute Gasteiger partial charge is 0.281 e. The van der Waals surface area contributed by atoms with Gasteiger partial charge in [0.1, 0.15) is 0 Å². The van der Waals surface area contributed by atoms with Crippen molar-refractivity contribution in [3.05, 3.63) is 90.4 Å². The summed E-state index contributed by atoms with van der Waals surface area (Å²) >= 11 is 0. The van der Waals surface area contributed by atoms with Crippen LogP contribution in [0.5, 0.6) is 0 Å². The number of amides is 1. The second-order valence-electron chi connectivity index (χ2n) is 5.63. The molecule has 0 radical (unpaired) electrons. The second kappa shape index (κ2) is 7.62. The number of quaternary nitrogens is 1. The maximum absolute atomic E-state index is 12.5. The largest absolute Gasteiger partial charge is 0.463 e. The number of rotatable bonds is 6. The van der Waals surface area contributed by atoms with E-state index in [-0.39, 0.29) is 11.9 Å². The molecule has 0 fully saturated rings. The summed E-state index contributed by atoms with van der Waals surface area (Å²) in [5.74, 6) is 0.894. The van der Waals surface area contributed by atoms with Gasteiger partial charge in [-0.25, -0.2) is 0 Å². The Morgan fingerprint density at radius 1 is 1.00 bits per heavy atom. The summed E-state index contributed by atoms with van der Waals surface area (Å²) in [6.45, 7) is 0.339. The molecule has 1 heterocycles. The van der Waals surface area contributed by atoms with E-state index < -0.39 is 0 Å². The number of benzene rings is 2. The molecule has 0 saturated heterocycles. The van der Waals surface area contributed by atoms with E-state index in [0.717, 1.165) is 17.0 Å². The monoisotopic (exact) mass is 321 g/mol. The Kier molecular flexibility index (Phi) is 5.08. The van der Waals surface area contributed by atoms with Crippen LogP contribution in [0.1, 0.15) is 17.4 Å².